The molecular formula is C17H19N3O4. The Morgan fingerprint density at radius 3 is 2.71 bits per heavy atom. The monoisotopic (exact) mass is 329 g/mol. The summed E-state index contributed by atoms with van der Waals surface area (Å²) in [5, 5.41) is 16.2. The van der Waals surface area contributed by atoms with Crippen molar-refractivity contribution in [3.8, 4) is 0 Å². The van der Waals surface area contributed by atoms with Gasteiger partial charge in [-0.1, -0.05) is 12.1 Å². The molecule has 3 rings (SSSR count). The van der Waals surface area contributed by atoms with Gasteiger partial charge < -0.3 is 15.2 Å². The van der Waals surface area contributed by atoms with Crippen molar-refractivity contribution in [1.29, 1.82) is 0 Å². The summed E-state index contributed by atoms with van der Waals surface area (Å²) in [6.45, 7) is 3.29. The van der Waals surface area contributed by atoms with Crippen LogP contribution < -0.4 is 5.32 Å². The number of aromatic nitrogens is 2. The van der Waals surface area contributed by atoms with Crippen LogP contribution in [0, 0.1) is 6.92 Å². The summed E-state index contributed by atoms with van der Waals surface area (Å²) >= 11 is 0. The van der Waals surface area contributed by atoms with Crippen LogP contribution in [0.25, 0.3) is 0 Å². The molecule has 1 fully saturated rings. The Balaban J connectivity index is 1.80. The van der Waals surface area contributed by atoms with Crippen molar-refractivity contribution in [3.63, 3.8) is 0 Å². The molecule has 1 amide bonds. The van der Waals surface area contributed by atoms with Crippen LogP contribution >= 0.6 is 0 Å². The van der Waals surface area contributed by atoms with Crippen molar-refractivity contribution in [2.75, 3.05) is 18.5 Å². The highest BCUT2D eigenvalue weighted by Crippen LogP contribution is 2.23. The highest BCUT2D eigenvalue weighted by molar-refractivity contribution is 6.06. The van der Waals surface area contributed by atoms with Gasteiger partial charge in [-0.3, -0.25) is 9.48 Å². The Morgan fingerprint density at radius 2 is 2.00 bits per heavy atom. The molecule has 0 spiro atoms. The number of anilines is 1. The second-order valence-electron chi connectivity index (χ2n) is 5.76. The van der Waals surface area contributed by atoms with Gasteiger partial charge >= 0.3 is 5.97 Å². The lowest BCUT2D eigenvalue weighted by Gasteiger charge is -2.23. The summed E-state index contributed by atoms with van der Waals surface area (Å²) in [6, 6.07) is 8.24. The Kier molecular flexibility index (Phi) is 4.61. The number of rotatable bonds is 4. The first-order chi connectivity index (χ1) is 11.6. The Bertz CT molecular complexity index is 763. The topological polar surface area (TPSA) is 93.5 Å². The summed E-state index contributed by atoms with van der Waals surface area (Å²) in [6.07, 6.45) is 1.73. The molecule has 7 nitrogen and oxygen atoms in total. The standard InChI is InChI=1S/C17H19N3O4/c1-11-10-15(19-20(11)12-6-8-24-9-7-12)16(21)18-14-5-3-2-4-13(14)17(22)23/h2-5,10,12H,6-9H2,1H3,(H,18,21)(H,22,23). The van der Waals surface area contributed by atoms with Crippen molar-refractivity contribution in [2.45, 2.75) is 25.8 Å². The average Bonchev–Trinajstić information content (AvgIpc) is 2.98. The number of aromatic carboxylic acids is 1. The van der Waals surface area contributed by atoms with E-state index in [1.54, 1.807) is 24.3 Å². The minimum absolute atomic E-state index is 0.0476. The van der Waals surface area contributed by atoms with Gasteiger partial charge in [0, 0.05) is 18.9 Å². The van der Waals surface area contributed by atoms with Crippen LogP contribution in [-0.4, -0.2) is 40.0 Å². The molecule has 0 aliphatic carbocycles. The molecule has 0 bridgehead atoms. The molecule has 1 aromatic carbocycles. The van der Waals surface area contributed by atoms with Gasteiger partial charge in [0.2, 0.25) is 0 Å². The normalized spacial score (nSPS) is 15.2. The molecule has 0 saturated carbocycles. The number of hydrogen-bond donors (Lipinski definition) is 2. The van der Waals surface area contributed by atoms with E-state index in [9.17, 15) is 14.7 Å². The molecule has 2 aromatic rings. The van der Waals surface area contributed by atoms with E-state index in [4.69, 9.17) is 4.74 Å². The number of hydrogen-bond acceptors (Lipinski definition) is 4. The van der Waals surface area contributed by atoms with Crippen molar-refractivity contribution >= 4 is 17.6 Å². The third-order valence-corrected chi connectivity index (χ3v) is 4.10. The van der Waals surface area contributed by atoms with Crippen LogP contribution in [0.5, 0.6) is 0 Å². The van der Waals surface area contributed by atoms with E-state index >= 15 is 0 Å². The first kappa shape index (κ1) is 16.2. The van der Waals surface area contributed by atoms with Crippen LogP contribution in [0.2, 0.25) is 0 Å². The molecule has 24 heavy (non-hydrogen) atoms. The second-order valence-corrected chi connectivity index (χ2v) is 5.76. The number of carboxylic acid groups (broad SMARTS) is 1. The van der Waals surface area contributed by atoms with Gasteiger partial charge in [-0.05, 0) is 38.0 Å². The molecular weight excluding hydrogens is 310 g/mol. The Hall–Kier alpha value is -2.67. The molecule has 0 radical (unpaired) electrons. The number of para-hydroxylation sites is 1. The van der Waals surface area contributed by atoms with Crippen LogP contribution in [0.1, 0.15) is 45.4 Å². The quantitative estimate of drug-likeness (QED) is 0.899. The van der Waals surface area contributed by atoms with E-state index < -0.39 is 11.9 Å². The van der Waals surface area contributed by atoms with Crippen molar-refractivity contribution in [3.05, 3.63) is 47.3 Å². The lowest BCUT2D eigenvalue weighted by molar-refractivity contribution is 0.0655. The van der Waals surface area contributed by atoms with Gasteiger partial charge in [0.25, 0.3) is 5.91 Å². The van der Waals surface area contributed by atoms with Crippen molar-refractivity contribution in [1.82, 2.24) is 9.78 Å². The largest absolute Gasteiger partial charge is 0.478 e. The van der Waals surface area contributed by atoms with Gasteiger partial charge in [0.1, 0.15) is 0 Å². The van der Waals surface area contributed by atoms with Gasteiger partial charge in [-0.2, -0.15) is 5.10 Å². The fourth-order valence-electron chi connectivity index (χ4n) is 2.86. The first-order valence-electron chi connectivity index (χ1n) is 7.84. The lowest BCUT2D eigenvalue weighted by atomic mass is 10.1. The molecule has 0 atom stereocenters. The highest BCUT2D eigenvalue weighted by atomic mass is 16.5. The third-order valence-electron chi connectivity index (χ3n) is 4.10. The van der Waals surface area contributed by atoms with Crippen molar-refractivity contribution < 1.29 is 19.4 Å². The minimum atomic E-state index is -1.09. The number of aryl methyl sites for hydroxylation is 1. The number of carbonyl (C=O) groups excluding carboxylic acids is 1. The number of nitrogens with zero attached hydrogens (tertiary/aromatic N) is 2. The molecule has 2 heterocycles. The van der Waals surface area contributed by atoms with E-state index in [0.717, 1.165) is 18.5 Å². The number of nitrogens with one attached hydrogen (secondary N) is 1. The molecule has 1 aliphatic rings. The predicted molar refractivity (Wildman–Crippen MR) is 87.4 cm³/mol. The number of amides is 1. The minimum Gasteiger partial charge on any atom is -0.478 e. The van der Waals surface area contributed by atoms with Crippen LogP contribution in [-0.2, 0) is 4.74 Å². The summed E-state index contributed by atoms with van der Waals surface area (Å²) < 4.78 is 7.22. The first-order valence-corrected chi connectivity index (χ1v) is 7.84. The van der Waals surface area contributed by atoms with E-state index in [-0.39, 0.29) is 23.0 Å². The van der Waals surface area contributed by atoms with E-state index in [0.29, 0.717) is 13.2 Å². The maximum atomic E-state index is 12.4. The van der Waals surface area contributed by atoms with E-state index in [2.05, 4.69) is 10.4 Å². The molecule has 2 N–H and O–H groups in total. The summed E-state index contributed by atoms with van der Waals surface area (Å²) in [5.41, 5.74) is 1.48. The summed E-state index contributed by atoms with van der Waals surface area (Å²) in [5.74, 6) is -1.51. The van der Waals surface area contributed by atoms with Crippen molar-refractivity contribution in [2.24, 2.45) is 0 Å². The maximum absolute atomic E-state index is 12.4. The summed E-state index contributed by atoms with van der Waals surface area (Å²) in [7, 11) is 0. The Labute approximate surface area is 139 Å². The average molecular weight is 329 g/mol. The van der Waals surface area contributed by atoms with Gasteiger partial charge in [0.15, 0.2) is 5.69 Å². The Morgan fingerprint density at radius 1 is 1.29 bits per heavy atom. The van der Waals surface area contributed by atoms with Crippen LogP contribution in [0.3, 0.4) is 0 Å². The smallest absolute Gasteiger partial charge is 0.337 e. The molecule has 1 aromatic heterocycles. The maximum Gasteiger partial charge on any atom is 0.337 e. The summed E-state index contributed by atoms with van der Waals surface area (Å²) in [4.78, 5) is 23.7. The number of ether oxygens (including phenoxy) is 1. The molecule has 1 saturated heterocycles. The molecule has 0 unspecified atom stereocenters. The van der Waals surface area contributed by atoms with Gasteiger partial charge in [-0.15, -0.1) is 0 Å². The number of carbonyl (C=O) groups is 2. The molecule has 126 valence electrons. The fraction of sp³-hybridized carbons (Fsp3) is 0.353. The van der Waals surface area contributed by atoms with Gasteiger partial charge in [-0.25, -0.2) is 4.79 Å². The fourth-order valence-corrected chi connectivity index (χ4v) is 2.86. The van der Waals surface area contributed by atoms with Gasteiger partial charge in [0.05, 0.1) is 17.3 Å². The van der Waals surface area contributed by atoms with E-state index in [1.807, 2.05) is 11.6 Å². The van der Waals surface area contributed by atoms with Crippen LogP contribution in [0.15, 0.2) is 30.3 Å². The molecule has 7 heteroatoms. The predicted octanol–water partition coefficient (Wildman–Crippen LogP) is 2.49. The number of benzene rings is 1. The zero-order valence-corrected chi connectivity index (χ0v) is 13.4. The molecule has 1 aliphatic heterocycles. The number of carboxylic acids is 1. The zero-order chi connectivity index (χ0) is 17.1. The third kappa shape index (κ3) is 3.30. The SMILES string of the molecule is Cc1cc(C(=O)Nc2ccccc2C(=O)O)nn1C1CCOCC1. The lowest BCUT2D eigenvalue weighted by Crippen LogP contribution is -2.22. The van der Waals surface area contributed by atoms with E-state index in [1.165, 1.54) is 6.07 Å². The highest BCUT2D eigenvalue weighted by Gasteiger charge is 2.21. The van der Waals surface area contributed by atoms with Crippen LogP contribution in [0.4, 0.5) is 5.69 Å². The zero-order valence-electron chi connectivity index (χ0n) is 13.4. The second kappa shape index (κ2) is 6.84.